The molecule has 0 amide bonds. The second-order valence-corrected chi connectivity index (χ2v) is 3.86. The smallest absolute Gasteiger partial charge is 0.340 e. The molecule has 1 aromatic rings. The molecule has 1 aromatic heterocycles. The highest BCUT2D eigenvalue weighted by molar-refractivity contribution is 6.16. The molecule has 1 heterocycles. The van der Waals surface area contributed by atoms with Gasteiger partial charge in [0.1, 0.15) is 0 Å². The van der Waals surface area contributed by atoms with E-state index >= 15 is 0 Å². The molecule has 0 spiro atoms. The fourth-order valence-corrected chi connectivity index (χ4v) is 1.47. The Morgan fingerprint density at radius 3 is 2.76 bits per heavy atom. The van der Waals surface area contributed by atoms with Crippen molar-refractivity contribution in [3.05, 3.63) is 35.8 Å². The van der Waals surface area contributed by atoms with Crippen LogP contribution in [0.4, 0.5) is 0 Å². The van der Waals surface area contributed by atoms with E-state index in [4.69, 9.17) is 4.74 Å². The summed E-state index contributed by atoms with van der Waals surface area (Å²) in [7, 11) is 3.73. The van der Waals surface area contributed by atoms with Gasteiger partial charge in [-0.1, -0.05) is 6.07 Å². The second kappa shape index (κ2) is 6.03. The van der Waals surface area contributed by atoms with Crippen molar-refractivity contribution in [2.45, 2.75) is 13.8 Å². The normalized spacial score (nSPS) is 11.2. The van der Waals surface area contributed by atoms with Gasteiger partial charge in [-0.15, -0.1) is 0 Å². The van der Waals surface area contributed by atoms with Crippen molar-refractivity contribution in [3.63, 3.8) is 0 Å². The number of nitrogens with zero attached hydrogens (tertiary/aromatic N) is 2. The second-order valence-electron chi connectivity index (χ2n) is 3.86. The highest BCUT2D eigenvalue weighted by Crippen LogP contribution is 2.18. The van der Waals surface area contributed by atoms with Gasteiger partial charge in [0, 0.05) is 37.7 Å². The van der Waals surface area contributed by atoms with E-state index in [2.05, 4.69) is 4.98 Å². The maximum absolute atomic E-state index is 11.9. The molecule has 4 nitrogen and oxygen atoms in total. The van der Waals surface area contributed by atoms with Crippen LogP contribution in [-0.2, 0) is 9.53 Å². The first-order valence-corrected chi connectivity index (χ1v) is 5.53. The Labute approximate surface area is 102 Å². The summed E-state index contributed by atoms with van der Waals surface area (Å²) in [6.45, 7) is 4.03. The number of aryl methyl sites for hydroxylation is 1. The number of carbonyl (C=O) groups excluding carboxylic acids is 1. The third kappa shape index (κ3) is 3.59. The summed E-state index contributed by atoms with van der Waals surface area (Å²) in [5.74, 6) is -0.322. The van der Waals surface area contributed by atoms with Gasteiger partial charge in [0.05, 0.1) is 12.2 Å². The van der Waals surface area contributed by atoms with Gasteiger partial charge in [0.15, 0.2) is 0 Å². The van der Waals surface area contributed by atoms with Crippen molar-refractivity contribution in [2.24, 2.45) is 0 Å². The van der Waals surface area contributed by atoms with Crippen LogP contribution in [0.3, 0.4) is 0 Å². The number of hydrogen-bond donors (Lipinski definition) is 0. The molecule has 0 radical (unpaired) electrons. The van der Waals surface area contributed by atoms with Crippen LogP contribution in [0.2, 0.25) is 0 Å². The fourth-order valence-electron chi connectivity index (χ4n) is 1.47. The van der Waals surface area contributed by atoms with Crippen LogP contribution in [0.25, 0.3) is 5.57 Å². The van der Waals surface area contributed by atoms with E-state index in [0.717, 1.165) is 11.3 Å². The molecule has 1 rings (SSSR count). The highest BCUT2D eigenvalue weighted by atomic mass is 16.5. The highest BCUT2D eigenvalue weighted by Gasteiger charge is 2.15. The maximum Gasteiger partial charge on any atom is 0.340 e. The number of esters is 1. The maximum atomic E-state index is 11.9. The SMILES string of the molecule is CCOC(=O)/C(=C/N(C)C)c1cccnc1C. The Kier molecular flexibility index (Phi) is 4.69. The Morgan fingerprint density at radius 2 is 2.24 bits per heavy atom. The Morgan fingerprint density at radius 1 is 1.53 bits per heavy atom. The minimum Gasteiger partial charge on any atom is -0.462 e. The van der Waals surface area contributed by atoms with Crippen LogP contribution in [-0.4, -0.2) is 36.6 Å². The first kappa shape index (κ1) is 13.2. The van der Waals surface area contributed by atoms with Crippen molar-refractivity contribution >= 4 is 11.5 Å². The summed E-state index contributed by atoms with van der Waals surface area (Å²) in [5, 5.41) is 0. The zero-order valence-electron chi connectivity index (χ0n) is 10.7. The summed E-state index contributed by atoms with van der Waals surface area (Å²) in [6, 6.07) is 3.68. The van der Waals surface area contributed by atoms with E-state index in [1.165, 1.54) is 0 Å². The topological polar surface area (TPSA) is 42.4 Å². The zero-order valence-corrected chi connectivity index (χ0v) is 10.7. The average molecular weight is 234 g/mol. The van der Waals surface area contributed by atoms with Gasteiger partial charge >= 0.3 is 5.97 Å². The van der Waals surface area contributed by atoms with Crippen LogP contribution >= 0.6 is 0 Å². The number of pyridine rings is 1. The molecule has 0 bridgehead atoms. The minimum absolute atomic E-state index is 0.322. The summed E-state index contributed by atoms with van der Waals surface area (Å²) in [6.07, 6.45) is 3.46. The third-order valence-electron chi connectivity index (χ3n) is 2.18. The standard InChI is InChI=1S/C13H18N2O2/c1-5-17-13(16)12(9-15(3)4)11-7-6-8-14-10(11)2/h6-9H,5H2,1-4H3/b12-9+. The van der Waals surface area contributed by atoms with Crippen molar-refractivity contribution in [2.75, 3.05) is 20.7 Å². The van der Waals surface area contributed by atoms with Gasteiger partial charge in [-0.25, -0.2) is 4.79 Å². The van der Waals surface area contributed by atoms with Crippen molar-refractivity contribution in [1.82, 2.24) is 9.88 Å². The van der Waals surface area contributed by atoms with Crippen LogP contribution in [0, 0.1) is 6.92 Å². The van der Waals surface area contributed by atoms with Crippen LogP contribution < -0.4 is 0 Å². The lowest BCUT2D eigenvalue weighted by atomic mass is 10.1. The molecule has 0 saturated heterocycles. The summed E-state index contributed by atoms with van der Waals surface area (Å²) >= 11 is 0. The van der Waals surface area contributed by atoms with Crippen molar-refractivity contribution < 1.29 is 9.53 Å². The summed E-state index contributed by atoms with van der Waals surface area (Å²) in [5.41, 5.74) is 2.15. The fraction of sp³-hybridized carbons (Fsp3) is 0.385. The first-order chi connectivity index (χ1) is 8.06. The van der Waals surface area contributed by atoms with Gasteiger partial charge in [0.2, 0.25) is 0 Å². The molecule has 17 heavy (non-hydrogen) atoms. The predicted molar refractivity (Wildman–Crippen MR) is 67.3 cm³/mol. The van der Waals surface area contributed by atoms with E-state index < -0.39 is 0 Å². The van der Waals surface area contributed by atoms with Crippen LogP contribution in [0.1, 0.15) is 18.2 Å². The number of ether oxygens (including phenoxy) is 1. The Bertz CT molecular complexity index is 425. The number of aromatic nitrogens is 1. The molecule has 0 aromatic carbocycles. The van der Waals surface area contributed by atoms with Crippen LogP contribution in [0.5, 0.6) is 0 Å². The molecule has 0 N–H and O–H groups in total. The molecule has 4 heteroatoms. The number of hydrogen-bond acceptors (Lipinski definition) is 4. The monoisotopic (exact) mass is 234 g/mol. The van der Waals surface area contributed by atoms with E-state index in [9.17, 15) is 4.79 Å². The van der Waals surface area contributed by atoms with Gasteiger partial charge in [-0.3, -0.25) is 4.98 Å². The molecule has 92 valence electrons. The molecule has 0 aliphatic carbocycles. The lowest BCUT2D eigenvalue weighted by molar-refractivity contribution is -0.136. The molecule has 0 saturated carbocycles. The van der Waals surface area contributed by atoms with E-state index in [0.29, 0.717) is 12.2 Å². The van der Waals surface area contributed by atoms with E-state index in [1.807, 2.05) is 38.1 Å². The first-order valence-electron chi connectivity index (χ1n) is 5.53. The average Bonchev–Trinajstić information content (AvgIpc) is 2.27. The largest absolute Gasteiger partial charge is 0.462 e. The van der Waals surface area contributed by atoms with E-state index in [1.54, 1.807) is 19.3 Å². The quantitative estimate of drug-likeness (QED) is 0.589. The molecule has 0 unspecified atom stereocenters. The molecule has 0 aliphatic rings. The van der Waals surface area contributed by atoms with Gasteiger partial charge in [-0.05, 0) is 19.9 Å². The molecule has 0 aliphatic heterocycles. The third-order valence-corrected chi connectivity index (χ3v) is 2.18. The Hall–Kier alpha value is -1.84. The van der Waals surface area contributed by atoms with Crippen molar-refractivity contribution in [3.8, 4) is 0 Å². The molecule has 0 atom stereocenters. The van der Waals surface area contributed by atoms with Gasteiger partial charge in [0.25, 0.3) is 0 Å². The van der Waals surface area contributed by atoms with E-state index in [-0.39, 0.29) is 5.97 Å². The Balaban J connectivity index is 3.16. The zero-order chi connectivity index (χ0) is 12.8. The lowest BCUT2D eigenvalue weighted by Crippen LogP contribution is -2.12. The number of rotatable bonds is 4. The molecule has 0 fully saturated rings. The van der Waals surface area contributed by atoms with Gasteiger partial charge in [-0.2, -0.15) is 0 Å². The van der Waals surface area contributed by atoms with Crippen LogP contribution in [0.15, 0.2) is 24.5 Å². The predicted octanol–water partition coefficient (Wildman–Crippen LogP) is 1.86. The minimum atomic E-state index is -0.322. The molecular weight excluding hydrogens is 216 g/mol. The molecular formula is C13H18N2O2. The number of carbonyl (C=O) groups is 1. The summed E-state index contributed by atoms with van der Waals surface area (Å²) in [4.78, 5) is 17.9. The lowest BCUT2D eigenvalue weighted by Gasteiger charge is -2.12. The summed E-state index contributed by atoms with van der Waals surface area (Å²) < 4.78 is 5.05. The van der Waals surface area contributed by atoms with Gasteiger partial charge < -0.3 is 9.64 Å². The van der Waals surface area contributed by atoms with Crippen molar-refractivity contribution in [1.29, 1.82) is 0 Å².